The van der Waals surface area contributed by atoms with Crippen LogP contribution in [0.15, 0.2) is 6.20 Å². The van der Waals surface area contributed by atoms with Crippen LogP contribution in [-0.4, -0.2) is 51.2 Å². The average molecular weight is 264 g/mol. The molecule has 2 atom stereocenters. The van der Waals surface area contributed by atoms with E-state index >= 15 is 0 Å². The van der Waals surface area contributed by atoms with E-state index in [9.17, 15) is 9.90 Å². The fourth-order valence-electron chi connectivity index (χ4n) is 2.68. The number of hydrogen-bond acceptors (Lipinski definition) is 4. The van der Waals surface area contributed by atoms with Gasteiger partial charge in [0.2, 0.25) is 5.95 Å². The molecule has 1 aromatic heterocycles. The maximum Gasteiger partial charge on any atom is 0.274 e. The highest BCUT2D eigenvalue weighted by Crippen LogP contribution is 2.20. The number of imidazole rings is 1. The summed E-state index contributed by atoms with van der Waals surface area (Å²) in [5.41, 5.74) is 0.478. The van der Waals surface area contributed by atoms with Crippen LogP contribution in [0.5, 0.6) is 0 Å². The third kappa shape index (κ3) is 2.32. The van der Waals surface area contributed by atoms with Gasteiger partial charge < -0.3 is 19.9 Å². The summed E-state index contributed by atoms with van der Waals surface area (Å²) in [5, 5.41) is 13.1. The third-order valence-electron chi connectivity index (χ3n) is 4.06. The number of aromatic nitrogens is 2. The Labute approximate surface area is 112 Å². The molecule has 0 bridgehead atoms. The lowest BCUT2D eigenvalue weighted by atomic mass is 9.96. The van der Waals surface area contributed by atoms with Crippen molar-refractivity contribution in [3.63, 3.8) is 0 Å². The fraction of sp³-hybridized carbons (Fsp3) is 0.692. The van der Waals surface area contributed by atoms with E-state index in [1.54, 1.807) is 4.90 Å². The molecule has 6 heteroatoms. The molecule has 1 saturated heterocycles. The second kappa shape index (κ2) is 4.85. The van der Waals surface area contributed by atoms with Crippen LogP contribution in [0.2, 0.25) is 0 Å². The number of rotatable bonds is 1. The number of hydrogen-bond donors (Lipinski definition) is 2. The molecule has 0 aliphatic carbocycles. The van der Waals surface area contributed by atoms with Gasteiger partial charge in [0.05, 0.1) is 6.10 Å². The zero-order valence-corrected chi connectivity index (χ0v) is 11.2. The molecule has 2 N–H and O–H groups in total. The summed E-state index contributed by atoms with van der Waals surface area (Å²) in [5.74, 6) is 0.969. The lowest BCUT2D eigenvalue weighted by Gasteiger charge is -2.33. The Bertz CT molecular complexity index is 461. The van der Waals surface area contributed by atoms with Crippen molar-refractivity contribution < 1.29 is 9.90 Å². The second-order valence-corrected chi connectivity index (χ2v) is 5.51. The summed E-state index contributed by atoms with van der Waals surface area (Å²) in [6.07, 6.45) is 3.29. The molecule has 0 saturated carbocycles. The molecule has 0 spiro atoms. The predicted molar refractivity (Wildman–Crippen MR) is 71.0 cm³/mol. The van der Waals surface area contributed by atoms with Gasteiger partial charge in [0, 0.05) is 32.4 Å². The molecule has 1 fully saturated rings. The predicted octanol–water partition coefficient (Wildman–Crippen LogP) is 0.542. The lowest BCUT2D eigenvalue weighted by Crippen LogP contribution is -2.45. The smallest absolute Gasteiger partial charge is 0.274 e. The van der Waals surface area contributed by atoms with Gasteiger partial charge in [0.25, 0.3) is 5.91 Å². The molecule has 2 aliphatic heterocycles. The van der Waals surface area contributed by atoms with Crippen LogP contribution in [0.1, 0.15) is 30.3 Å². The third-order valence-corrected chi connectivity index (χ3v) is 4.06. The van der Waals surface area contributed by atoms with E-state index in [2.05, 4.69) is 10.3 Å². The van der Waals surface area contributed by atoms with Crippen molar-refractivity contribution in [3.8, 4) is 0 Å². The molecular formula is C13H20N4O2. The summed E-state index contributed by atoms with van der Waals surface area (Å²) < 4.78 is 1.99. The van der Waals surface area contributed by atoms with Gasteiger partial charge >= 0.3 is 0 Å². The van der Waals surface area contributed by atoms with Crippen LogP contribution in [0, 0.1) is 5.92 Å². The average Bonchev–Trinajstić information content (AvgIpc) is 2.85. The van der Waals surface area contributed by atoms with Crippen molar-refractivity contribution in [1.82, 2.24) is 14.5 Å². The number of nitrogens with zero attached hydrogens (tertiary/aromatic N) is 3. The number of carbonyl (C=O) groups excluding carboxylic acids is 1. The molecule has 3 rings (SSSR count). The van der Waals surface area contributed by atoms with Crippen molar-refractivity contribution in [3.05, 3.63) is 11.9 Å². The van der Waals surface area contributed by atoms with Gasteiger partial charge in [-0.2, -0.15) is 0 Å². The first-order valence-corrected chi connectivity index (χ1v) is 6.93. The first-order valence-electron chi connectivity index (χ1n) is 6.93. The van der Waals surface area contributed by atoms with Crippen LogP contribution < -0.4 is 5.32 Å². The molecule has 3 heterocycles. The number of β-amino-alcohol motifs (C(OH)–C–C–N with tert-alkyl or cyclic N) is 1. The largest absolute Gasteiger partial charge is 0.391 e. The van der Waals surface area contributed by atoms with Gasteiger partial charge in [-0.25, -0.2) is 4.98 Å². The zero-order chi connectivity index (χ0) is 13.4. The van der Waals surface area contributed by atoms with Crippen LogP contribution in [0.4, 0.5) is 5.95 Å². The Morgan fingerprint density at radius 1 is 1.53 bits per heavy atom. The molecule has 6 nitrogen and oxygen atoms in total. The molecule has 104 valence electrons. The maximum absolute atomic E-state index is 12.4. The first kappa shape index (κ1) is 12.5. The van der Waals surface area contributed by atoms with Crippen molar-refractivity contribution in [2.45, 2.75) is 32.4 Å². The number of nitrogens with one attached hydrogen (secondary N) is 1. The molecule has 0 aromatic carbocycles. The summed E-state index contributed by atoms with van der Waals surface area (Å²) in [4.78, 5) is 18.4. The van der Waals surface area contributed by atoms with E-state index < -0.39 is 6.10 Å². The van der Waals surface area contributed by atoms with Gasteiger partial charge in [-0.15, -0.1) is 0 Å². The summed E-state index contributed by atoms with van der Waals surface area (Å²) in [7, 11) is 0. The van der Waals surface area contributed by atoms with E-state index in [-0.39, 0.29) is 11.8 Å². The van der Waals surface area contributed by atoms with Crippen LogP contribution in [0.25, 0.3) is 0 Å². The highest BCUT2D eigenvalue weighted by atomic mass is 16.3. The minimum atomic E-state index is -0.423. The van der Waals surface area contributed by atoms with Crippen molar-refractivity contribution >= 4 is 11.9 Å². The highest BCUT2D eigenvalue weighted by Gasteiger charge is 2.29. The molecule has 19 heavy (non-hydrogen) atoms. The Morgan fingerprint density at radius 3 is 3.11 bits per heavy atom. The number of piperidine rings is 1. The maximum atomic E-state index is 12.4. The van der Waals surface area contributed by atoms with Crippen molar-refractivity contribution in [2.24, 2.45) is 5.92 Å². The highest BCUT2D eigenvalue weighted by molar-refractivity contribution is 5.92. The summed E-state index contributed by atoms with van der Waals surface area (Å²) in [6, 6.07) is 0. The van der Waals surface area contributed by atoms with Crippen molar-refractivity contribution in [1.29, 1.82) is 0 Å². The quantitative estimate of drug-likeness (QED) is 0.777. The molecule has 2 aliphatic rings. The lowest BCUT2D eigenvalue weighted by molar-refractivity contribution is 0.0245. The number of anilines is 1. The van der Waals surface area contributed by atoms with Gasteiger partial charge in [-0.05, 0) is 18.8 Å². The SMILES string of the molecule is CC1CCN(C(=O)c2cn3c(n2)NCCC3)CC1O. The van der Waals surface area contributed by atoms with Crippen LogP contribution in [0.3, 0.4) is 0 Å². The summed E-state index contributed by atoms with van der Waals surface area (Å²) >= 11 is 0. The minimum Gasteiger partial charge on any atom is -0.391 e. The number of fused-ring (bicyclic) bond motifs is 1. The number of carbonyl (C=O) groups is 1. The Kier molecular flexibility index (Phi) is 3.18. The van der Waals surface area contributed by atoms with E-state index in [0.717, 1.165) is 31.9 Å². The standard InChI is InChI=1S/C13H20N4O2/c1-9-3-6-16(8-11(9)18)12(19)10-7-17-5-2-4-14-13(17)15-10/h7,9,11,18H,2-6,8H2,1H3,(H,14,15). The Balaban J connectivity index is 1.75. The fourth-order valence-corrected chi connectivity index (χ4v) is 2.68. The molecule has 2 unspecified atom stereocenters. The molecule has 0 radical (unpaired) electrons. The number of aryl methyl sites for hydroxylation is 1. The van der Waals surface area contributed by atoms with Crippen molar-refractivity contribution in [2.75, 3.05) is 25.0 Å². The van der Waals surface area contributed by atoms with Gasteiger partial charge in [-0.1, -0.05) is 6.92 Å². The number of likely N-dealkylation sites (tertiary alicyclic amines) is 1. The molecular weight excluding hydrogens is 244 g/mol. The van der Waals surface area contributed by atoms with E-state index in [0.29, 0.717) is 18.8 Å². The summed E-state index contributed by atoms with van der Waals surface area (Å²) in [6.45, 7) is 4.95. The monoisotopic (exact) mass is 264 g/mol. The van der Waals surface area contributed by atoms with Gasteiger partial charge in [-0.3, -0.25) is 4.79 Å². The normalized spacial score (nSPS) is 26.7. The van der Waals surface area contributed by atoms with Crippen LogP contribution >= 0.6 is 0 Å². The number of aliphatic hydroxyl groups is 1. The topological polar surface area (TPSA) is 70.4 Å². The zero-order valence-electron chi connectivity index (χ0n) is 11.2. The van der Waals surface area contributed by atoms with E-state index in [4.69, 9.17) is 0 Å². The number of amides is 1. The van der Waals surface area contributed by atoms with E-state index in [1.165, 1.54) is 0 Å². The second-order valence-electron chi connectivity index (χ2n) is 5.51. The molecule has 1 amide bonds. The Hall–Kier alpha value is -1.56. The molecule has 1 aromatic rings. The Morgan fingerprint density at radius 2 is 2.37 bits per heavy atom. The van der Waals surface area contributed by atoms with E-state index in [1.807, 2.05) is 17.7 Å². The first-order chi connectivity index (χ1) is 9.15. The van der Waals surface area contributed by atoms with Crippen LogP contribution in [-0.2, 0) is 6.54 Å². The minimum absolute atomic E-state index is 0.0744. The van der Waals surface area contributed by atoms with Gasteiger partial charge in [0.1, 0.15) is 5.69 Å². The van der Waals surface area contributed by atoms with Gasteiger partial charge in [0.15, 0.2) is 0 Å². The number of aliphatic hydroxyl groups excluding tert-OH is 1.